The summed E-state index contributed by atoms with van der Waals surface area (Å²) in [5.74, 6) is 0.112. The summed E-state index contributed by atoms with van der Waals surface area (Å²) in [5, 5.41) is 0. The van der Waals surface area contributed by atoms with E-state index in [0.717, 1.165) is 31.2 Å². The maximum absolute atomic E-state index is 12.0. The Labute approximate surface area is 183 Å². The first kappa shape index (κ1) is 26.2. The monoisotopic (exact) mass is 418 g/mol. The molecule has 4 nitrogen and oxygen atoms in total. The summed E-state index contributed by atoms with van der Waals surface area (Å²) >= 11 is 0. The first-order chi connectivity index (χ1) is 14.6. The molecule has 0 radical (unpaired) electrons. The van der Waals surface area contributed by atoms with Gasteiger partial charge in [-0.25, -0.2) is 0 Å². The smallest absolute Gasteiger partial charge is 0.311 e. The Morgan fingerprint density at radius 2 is 1.13 bits per heavy atom. The van der Waals surface area contributed by atoms with Gasteiger partial charge in [0, 0.05) is 12.8 Å². The molecular weight excluding hydrogens is 376 g/mol. The average Bonchev–Trinajstić information content (AvgIpc) is 2.71. The number of rotatable bonds is 17. The molecule has 170 valence electrons. The van der Waals surface area contributed by atoms with Gasteiger partial charge in [0.25, 0.3) is 0 Å². The molecule has 1 rings (SSSR count). The largest absolute Gasteiger partial charge is 0.423 e. The van der Waals surface area contributed by atoms with Gasteiger partial charge in [0.2, 0.25) is 0 Å². The average molecular weight is 419 g/mol. The van der Waals surface area contributed by atoms with Crippen molar-refractivity contribution in [3.63, 3.8) is 0 Å². The van der Waals surface area contributed by atoms with E-state index in [9.17, 15) is 9.59 Å². The van der Waals surface area contributed by atoms with Crippen molar-refractivity contribution in [2.75, 3.05) is 0 Å². The fourth-order valence-corrected chi connectivity index (χ4v) is 3.44. The van der Waals surface area contributed by atoms with Crippen molar-refractivity contribution in [1.82, 2.24) is 0 Å². The maximum atomic E-state index is 12.0. The van der Waals surface area contributed by atoms with Crippen LogP contribution in [0.15, 0.2) is 18.2 Å². The summed E-state index contributed by atoms with van der Waals surface area (Å²) in [4.78, 5) is 23.8. The highest BCUT2D eigenvalue weighted by atomic mass is 16.6. The number of carbonyl (C=O) groups is 2. The highest BCUT2D eigenvalue weighted by molar-refractivity contribution is 5.76. The van der Waals surface area contributed by atoms with E-state index in [1.54, 1.807) is 6.07 Å². The summed E-state index contributed by atoms with van der Waals surface area (Å²) in [5.41, 5.74) is 1.11. The Morgan fingerprint density at radius 1 is 0.633 bits per heavy atom. The molecule has 0 aliphatic carbocycles. The van der Waals surface area contributed by atoms with E-state index >= 15 is 0 Å². The Balaban J connectivity index is 2.47. The number of hydrogen-bond donors (Lipinski definition) is 0. The number of benzene rings is 1. The van der Waals surface area contributed by atoms with Crippen molar-refractivity contribution in [3.05, 3.63) is 23.8 Å². The minimum atomic E-state index is -0.298. The molecule has 0 aliphatic rings. The van der Waals surface area contributed by atoms with Gasteiger partial charge in [-0.05, 0) is 43.4 Å². The predicted molar refractivity (Wildman–Crippen MR) is 123 cm³/mol. The second-order valence-electron chi connectivity index (χ2n) is 8.16. The van der Waals surface area contributed by atoms with Crippen molar-refractivity contribution >= 4 is 11.9 Å². The van der Waals surface area contributed by atoms with Crippen LogP contribution in [-0.4, -0.2) is 11.9 Å². The van der Waals surface area contributed by atoms with Crippen LogP contribution in [0.5, 0.6) is 11.5 Å². The topological polar surface area (TPSA) is 52.6 Å². The van der Waals surface area contributed by atoms with E-state index in [-0.39, 0.29) is 11.9 Å². The van der Waals surface area contributed by atoms with Gasteiger partial charge >= 0.3 is 11.9 Å². The minimum Gasteiger partial charge on any atom is -0.423 e. The van der Waals surface area contributed by atoms with Crippen LogP contribution in [-0.2, 0) is 16.0 Å². The Bertz CT molecular complexity index is 609. The summed E-state index contributed by atoms with van der Waals surface area (Å²) in [6, 6.07) is 5.59. The molecule has 0 heterocycles. The summed E-state index contributed by atoms with van der Waals surface area (Å²) in [6.45, 7) is 6.12. The molecule has 0 aromatic heterocycles. The van der Waals surface area contributed by atoms with Gasteiger partial charge in [-0.1, -0.05) is 84.6 Å². The lowest BCUT2D eigenvalue weighted by Crippen LogP contribution is -2.12. The Morgan fingerprint density at radius 3 is 1.67 bits per heavy atom. The number of esters is 2. The van der Waals surface area contributed by atoms with Crippen LogP contribution in [0, 0.1) is 0 Å². The van der Waals surface area contributed by atoms with E-state index < -0.39 is 0 Å². The molecule has 0 saturated heterocycles. The number of carbonyl (C=O) groups excluding carboxylic acids is 2. The molecule has 0 spiro atoms. The van der Waals surface area contributed by atoms with Gasteiger partial charge in [-0.15, -0.1) is 0 Å². The molecule has 30 heavy (non-hydrogen) atoms. The first-order valence-electron chi connectivity index (χ1n) is 12.1. The van der Waals surface area contributed by atoms with Gasteiger partial charge in [0.1, 0.15) is 0 Å². The zero-order valence-corrected chi connectivity index (χ0v) is 19.5. The van der Waals surface area contributed by atoms with Crippen LogP contribution in [0.3, 0.4) is 0 Å². The number of hydrogen-bond acceptors (Lipinski definition) is 4. The third-order valence-corrected chi connectivity index (χ3v) is 5.18. The molecule has 0 amide bonds. The molecule has 4 heteroatoms. The zero-order valence-electron chi connectivity index (χ0n) is 19.5. The fraction of sp³-hybridized carbons (Fsp3) is 0.692. The molecule has 0 saturated carbocycles. The van der Waals surface area contributed by atoms with Crippen molar-refractivity contribution in [2.24, 2.45) is 0 Å². The van der Waals surface area contributed by atoms with Crippen LogP contribution < -0.4 is 9.47 Å². The second-order valence-corrected chi connectivity index (χ2v) is 8.16. The van der Waals surface area contributed by atoms with Gasteiger partial charge in [-0.3, -0.25) is 9.59 Å². The third kappa shape index (κ3) is 12.0. The normalized spacial score (nSPS) is 10.8. The molecule has 1 aromatic rings. The highest BCUT2D eigenvalue weighted by Gasteiger charge is 2.14. The molecule has 0 fully saturated rings. The SMILES string of the molecule is CCCCCCCCCCCCc1ccc(OC(=O)CCC)c(OC(=O)CCC)c1. The van der Waals surface area contributed by atoms with Crippen LogP contribution >= 0.6 is 0 Å². The van der Waals surface area contributed by atoms with Crippen LogP contribution in [0.2, 0.25) is 0 Å². The van der Waals surface area contributed by atoms with Crippen molar-refractivity contribution in [3.8, 4) is 11.5 Å². The molecule has 0 N–H and O–H groups in total. The Hall–Kier alpha value is -1.84. The van der Waals surface area contributed by atoms with E-state index in [1.165, 1.54) is 57.8 Å². The molecule has 0 atom stereocenters. The van der Waals surface area contributed by atoms with E-state index in [0.29, 0.717) is 24.3 Å². The second kappa shape index (κ2) is 16.9. The summed E-state index contributed by atoms with van der Waals surface area (Å²) in [7, 11) is 0. The Kier molecular flexibility index (Phi) is 14.8. The molecular formula is C26H42O4. The van der Waals surface area contributed by atoms with Crippen molar-refractivity contribution in [1.29, 1.82) is 0 Å². The van der Waals surface area contributed by atoms with Gasteiger partial charge in [0.15, 0.2) is 11.5 Å². The first-order valence-corrected chi connectivity index (χ1v) is 12.1. The molecule has 0 unspecified atom stereocenters. The minimum absolute atomic E-state index is 0.290. The van der Waals surface area contributed by atoms with Gasteiger partial charge in [-0.2, -0.15) is 0 Å². The van der Waals surface area contributed by atoms with Crippen LogP contribution in [0.4, 0.5) is 0 Å². The highest BCUT2D eigenvalue weighted by Crippen LogP contribution is 2.30. The van der Waals surface area contributed by atoms with Crippen molar-refractivity contribution in [2.45, 2.75) is 117 Å². The number of unbranched alkanes of at least 4 members (excludes halogenated alkanes) is 9. The van der Waals surface area contributed by atoms with Crippen molar-refractivity contribution < 1.29 is 19.1 Å². The fourth-order valence-electron chi connectivity index (χ4n) is 3.44. The summed E-state index contributed by atoms with van der Waals surface area (Å²) < 4.78 is 10.9. The number of ether oxygens (including phenoxy) is 2. The predicted octanol–water partition coefficient (Wildman–Crippen LogP) is 7.56. The molecule has 0 bridgehead atoms. The lowest BCUT2D eigenvalue weighted by atomic mass is 10.0. The lowest BCUT2D eigenvalue weighted by Gasteiger charge is -2.12. The quantitative estimate of drug-likeness (QED) is 0.149. The molecule has 1 aromatic carbocycles. The summed E-state index contributed by atoms with van der Waals surface area (Å²) in [6.07, 6.45) is 16.2. The zero-order chi connectivity index (χ0) is 22.0. The molecule has 0 aliphatic heterocycles. The van der Waals surface area contributed by atoms with Gasteiger partial charge in [0.05, 0.1) is 0 Å². The van der Waals surface area contributed by atoms with Crippen LogP contribution in [0.1, 0.15) is 116 Å². The number of aryl methyl sites for hydroxylation is 1. The third-order valence-electron chi connectivity index (χ3n) is 5.18. The van der Waals surface area contributed by atoms with E-state index in [1.807, 2.05) is 26.0 Å². The van der Waals surface area contributed by atoms with Crippen LogP contribution in [0.25, 0.3) is 0 Å². The standard InChI is InChI=1S/C26H42O4/c1-4-7-8-9-10-11-12-13-14-15-18-22-19-20-23(29-25(27)16-5-2)24(21-22)30-26(28)17-6-3/h19-21H,4-18H2,1-3H3. The van der Waals surface area contributed by atoms with Gasteiger partial charge < -0.3 is 9.47 Å². The lowest BCUT2D eigenvalue weighted by molar-refractivity contribution is -0.137. The van der Waals surface area contributed by atoms with E-state index in [2.05, 4.69) is 6.92 Å². The van der Waals surface area contributed by atoms with E-state index in [4.69, 9.17) is 9.47 Å². The maximum Gasteiger partial charge on any atom is 0.311 e.